The lowest BCUT2D eigenvalue weighted by Crippen LogP contribution is -2.42. The average molecular weight is 349 g/mol. The van der Waals surface area contributed by atoms with Crippen molar-refractivity contribution in [3.8, 4) is 0 Å². The van der Waals surface area contributed by atoms with Crippen molar-refractivity contribution in [3.63, 3.8) is 0 Å². The highest BCUT2D eigenvalue weighted by molar-refractivity contribution is 9.10. The van der Waals surface area contributed by atoms with E-state index in [-0.39, 0.29) is 17.9 Å². The summed E-state index contributed by atoms with van der Waals surface area (Å²) in [6.45, 7) is 4.67. The molecule has 0 saturated carbocycles. The van der Waals surface area contributed by atoms with Gasteiger partial charge in [0, 0.05) is 11.0 Å². The maximum atomic E-state index is 11.7. The van der Waals surface area contributed by atoms with Gasteiger partial charge in [-0.2, -0.15) is 0 Å². The van der Waals surface area contributed by atoms with Crippen LogP contribution in [-0.4, -0.2) is 19.1 Å². The maximum Gasteiger partial charge on any atom is 0.323 e. The molecule has 5 heteroatoms. The normalized spacial score (nSPS) is 13.9. The number of halogens is 2. The van der Waals surface area contributed by atoms with E-state index >= 15 is 0 Å². The van der Waals surface area contributed by atoms with Crippen molar-refractivity contribution in [2.45, 2.75) is 32.9 Å². The number of methoxy groups -OCH3 is 1. The molecule has 106 valence electrons. The third-order valence-corrected chi connectivity index (χ3v) is 4.41. The number of hydrogen-bond acceptors (Lipinski definition) is 3. The molecule has 2 unspecified atom stereocenters. The van der Waals surface area contributed by atoms with Gasteiger partial charge in [0.2, 0.25) is 0 Å². The van der Waals surface area contributed by atoms with Crippen molar-refractivity contribution in [1.29, 1.82) is 0 Å². The molecular weight excluding hydrogens is 330 g/mol. The summed E-state index contributed by atoms with van der Waals surface area (Å²) in [5.41, 5.74) is 1.03. The standard InChI is InChI=1S/C14H19BrClNO2/c1-4-9(2)13(14(18)19-3)17-8-10-5-6-11(15)12(16)7-10/h5-7,9,13,17H,4,8H2,1-3H3. The smallest absolute Gasteiger partial charge is 0.323 e. The average Bonchev–Trinajstić information content (AvgIpc) is 2.42. The van der Waals surface area contributed by atoms with Gasteiger partial charge in [0.15, 0.2) is 0 Å². The molecule has 0 aromatic heterocycles. The fourth-order valence-electron chi connectivity index (χ4n) is 1.76. The summed E-state index contributed by atoms with van der Waals surface area (Å²) in [6.07, 6.45) is 0.911. The molecule has 0 aliphatic carbocycles. The van der Waals surface area contributed by atoms with Crippen molar-refractivity contribution in [3.05, 3.63) is 33.3 Å². The van der Waals surface area contributed by atoms with Crippen LogP contribution >= 0.6 is 27.5 Å². The minimum Gasteiger partial charge on any atom is -0.468 e. The molecule has 0 radical (unpaired) electrons. The van der Waals surface area contributed by atoms with Gasteiger partial charge in [0.05, 0.1) is 12.1 Å². The van der Waals surface area contributed by atoms with Crippen LogP contribution in [0, 0.1) is 5.92 Å². The first kappa shape index (κ1) is 16.5. The quantitative estimate of drug-likeness (QED) is 0.795. The van der Waals surface area contributed by atoms with E-state index in [1.165, 1.54) is 7.11 Å². The number of carbonyl (C=O) groups excluding carboxylic acids is 1. The lowest BCUT2D eigenvalue weighted by atomic mass is 9.99. The maximum absolute atomic E-state index is 11.7. The third kappa shape index (κ3) is 4.79. The molecule has 19 heavy (non-hydrogen) atoms. The van der Waals surface area contributed by atoms with E-state index in [9.17, 15) is 4.79 Å². The van der Waals surface area contributed by atoms with Crippen LogP contribution in [0.4, 0.5) is 0 Å². The Kier molecular flexibility index (Phi) is 6.83. The Balaban J connectivity index is 2.70. The van der Waals surface area contributed by atoms with Crippen LogP contribution in [-0.2, 0) is 16.1 Å². The van der Waals surface area contributed by atoms with Gasteiger partial charge in [-0.15, -0.1) is 0 Å². The lowest BCUT2D eigenvalue weighted by molar-refractivity contribution is -0.144. The topological polar surface area (TPSA) is 38.3 Å². The van der Waals surface area contributed by atoms with E-state index in [0.29, 0.717) is 11.6 Å². The van der Waals surface area contributed by atoms with E-state index in [1.54, 1.807) is 0 Å². The molecule has 2 atom stereocenters. The second kappa shape index (κ2) is 7.88. The Morgan fingerprint density at radius 1 is 1.53 bits per heavy atom. The summed E-state index contributed by atoms with van der Waals surface area (Å²) in [5.74, 6) is -0.00377. The first-order valence-electron chi connectivity index (χ1n) is 6.24. The van der Waals surface area contributed by atoms with Crippen LogP contribution in [0.15, 0.2) is 22.7 Å². The van der Waals surface area contributed by atoms with Gasteiger partial charge >= 0.3 is 5.97 Å². The number of carbonyl (C=O) groups is 1. The third-order valence-electron chi connectivity index (χ3n) is 3.18. The van der Waals surface area contributed by atoms with Gasteiger partial charge in [-0.25, -0.2) is 0 Å². The van der Waals surface area contributed by atoms with Crippen molar-refractivity contribution in [2.24, 2.45) is 5.92 Å². The zero-order valence-corrected chi connectivity index (χ0v) is 13.7. The molecule has 0 bridgehead atoms. The van der Waals surface area contributed by atoms with E-state index in [1.807, 2.05) is 25.1 Å². The molecule has 0 aliphatic heterocycles. The van der Waals surface area contributed by atoms with Crippen molar-refractivity contribution >= 4 is 33.5 Å². The van der Waals surface area contributed by atoms with Crippen LogP contribution in [0.3, 0.4) is 0 Å². The number of benzene rings is 1. The number of rotatable bonds is 6. The second-order valence-electron chi connectivity index (χ2n) is 4.52. The Morgan fingerprint density at radius 2 is 2.21 bits per heavy atom. The van der Waals surface area contributed by atoms with Crippen LogP contribution in [0.2, 0.25) is 5.02 Å². The van der Waals surface area contributed by atoms with Crippen molar-refractivity contribution in [1.82, 2.24) is 5.32 Å². The van der Waals surface area contributed by atoms with Crippen LogP contribution in [0.5, 0.6) is 0 Å². The minimum absolute atomic E-state index is 0.221. The van der Waals surface area contributed by atoms with E-state index in [0.717, 1.165) is 16.5 Å². The highest BCUT2D eigenvalue weighted by Crippen LogP contribution is 2.23. The molecular formula is C14H19BrClNO2. The lowest BCUT2D eigenvalue weighted by Gasteiger charge is -2.22. The highest BCUT2D eigenvalue weighted by Gasteiger charge is 2.24. The summed E-state index contributed by atoms with van der Waals surface area (Å²) in [5, 5.41) is 3.90. The Labute approximate surface area is 127 Å². The molecule has 3 nitrogen and oxygen atoms in total. The molecule has 1 aromatic carbocycles. The van der Waals surface area contributed by atoms with Gasteiger partial charge in [0.25, 0.3) is 0 Å². The van der Waals surface area contributed by atoms with Crippen LogP contribution in [0.25, 0.3) is 0 Å². The molecule has 0 saturated heterocycles. The van der Waals surface area contributed by atoms with Crippen LogP contribution < -0.4 is 5.32 Å². The van der Waals surface area contributed by atoms with Gasteiger partial charge in [-0.3, -0.25) is 4.79 Å². The van der Waals surface area contributed by atoms with E-state index < -0.39 is 0 Å². The minimum atomic E-state index is -0.294. The zero-order chi connectivity index (χ0) is 14.4. The monoisotopic (exact) mass is 347 g/mol. The SMILES string of the molecule is CCC(C)C(NCc1ccc(Br)c(Cl)c1)C(=O)OC. The molecule has 0 amide bonds. The van der Waals surface area contributed by atoms with Crippen LogP contribution in [0.1, 0.15) is 25.8 Å². The summed E-state index contributed by atoms with van der Waals surface area (Å²) < 4.78 is 5.70. The van der Waals surface area contributed by atoms with Crippen molar-refractivity contribution in [2.75, 3.05) is 7.11 Å². The molecule has 0 fully saturated rings. The molecule has 1 rings (SSSR count). The van der Waals surface area contributed by atoms with Gasteiger partial charge in [0.1, 0.15) is 6.04 Å². The number of esters is 1. The molecule has 1 N–H and O–H groups in total. The first-order valence-corrected chi connectivity index (χ1v) is 7.41. The predicted molar refractivity (Wildman–Crippen MR) is 81.3 cm³/mol. The highest BCUT2D eigenvalue weighted by atomic mass is 79.9. The van der Waals surface area contributed by atoms with Gasteiger partial charge in [-0.1, -0.05) is 37.9 Å². The molecule has 0 heterocycles. The fourth-order valence-corrected chi connectivity index (χ4v) is 2.21. The Bertz CT molecular complexity index is 439. The summed E-state index contributed by atoms with van der Waals surface area (Å²) in [7, 11) is 1.41. The largest absolute Gasteiger partial charge is 0.468 e. The zero-order valence-electron chi connectivity index (χ0n) is 11.4. The summed E-state index contributed by atoms with van der Waals surface area (Å²) in [6, 6.07) is 5.45. The molecule has 0 spiro atoms. The number of hydrogen-bond donors (Lipinski definition) is 1. The Morgan fingerprint density at radius 3 is 2.74 bits per heavy atom. The van der Waals surface area contributed by atoms with Gasteiger partial charge in [-0.05, 0) is 39.5 Å². The van der Waals surface area contributed by atoms with Gasteiger partial charge < -0.3 is 10.1 Å². The fraction of sp³-hybridized carbons (Fsp3) is 0.500. The molecule has 1 aromatic rings. The van der Waals surface area contributed by atoms with E-state index in [2.05, 4.69) is 28.2 Å². The summed E-state index contributed by atoms with van der Waals surface area (Å²) in [4.78, 5) is 11.7. The second-order valence-corrected chi connectivity index (χ2v) is 5.78. The van der Waals surface area contributed by atoms with Crippen molar-refractivity contribution < 1.29 is 9.53 Å². The predicted octanol–water partition coefficient (Wildman–Crippen LogP) is 3.78. The van der Waals surface area contributed by atoms with E-state index in [4.69, 9.17) is 16.3 Å². The first-order chi connectivity index (χ1) is 8.99. The number of ether oxygens (including phenoxy) is 1. The summed E-state index contributed by atoms with van der Waals surface area (Å²) >= 11 is 9.39. The molecule has 0 aliphatic rings. The Hall–Kier alpha value is -0.580. The number of nitrogens with one attached hydrogen (secondary N) is 1.